The van der Waals surface area contributed by atoms with E-state index in [1.54, 1.807) is 0 Å². The quantitative estimate of drug-likeness (QED) is 0.904. The largest absolute Gasteiger partial charge is 0.381 e. The minimum Gasteiger partial charge on any atom is -0.381 e. The molecule has 2 heterocycles. The standard InChI is InChI=1S/C16H25N3O2/c1-4-13-10-12(11-15(18-13)17-5-2)16(20)19(3)14-6-8-21-9-7-14/h10-11,14H,4-9H2,1-3H3,(H,17,18). The number of carbonyl (C=O) groups excluding carboxylic acids is 1. The Labute approximate surface area is 126 Å². The van der Waals surface area contributed by atoms with Crippen LogP contribution in [0.1, 0.15) is 42.7 Å². The Balaban J connectivity index is 2.18. The van der Waals surface area contributed by atoms with Crippen LogP contribution in [0.5, 0.6) is 0 Å². The second kappa shape index (κ2) is 7.41. The summed E-state index contributed by atoms with van der Waals surface area (Å²) in [4.78, 5) is 19.0. The predicted molar refractivity (Wildman–Crippen MR) is 83.7 cm³/mol. The molecule has 0 spiro atoms. The smallest absolute Gasteiger partial charge is 0.254 e. The van der Waals surface area contributed by atoms with Crippen molar-refractivity contribution in [1.82, 2.24) is 9.88 Å². The molecule has 1 amide bonds. The maximum atomic E-state index is 12.7. The van der Waals surface area contributed by atoms with E-state index in [4.69, 9.17) is 4.74 Å². The fourth-order valence-corrected chi connectivity index (χ4v) is 2.61. The fraction of sp³-hybridized carbons (Fsp3) is 0.625. The maximum absolute atomic E-state index is 12.7. The Morgan fingerprint density at radius 1 is 1.38 bits per heavy atom. The molecule has 0 aliphatic carbocycles. The van der Waals surface area contributed by atoms with E-state index < -0.39 is 0 Å². The average Bonchev–Trinajstić information content (AvgIpc) is 2.54. The molecule has 2 rings (SSSR count). The zero-order chi connectivity index (χ0) is 15.2. The molecular formula is C16H25N3O2. The number of aryl methyl sites for hydroxylation is 1. The lowest BCUT2D eigenvalue weighted by molar-refractivity contribution is 0.0362. The molecule has 116 valence electrons. The van der Waals surface area contributed by atoms with E-state index in [2.05, 4.69) is 17.2 Å². The number of anilines is 1. The first-order chi connectivity index (χ1) is 10.2. The van der Waals surface area contributed by atoms with Crippen LogP contribution in [0.15, 0.2) is 12.1 Å². The predicted octanol–water partition coefficient (Wildman–Crippen LogP) is 2.33. The molecule has 1 N–H and O–H groups in total. The van der Waals surface area contributed by atoms with Gasteiger partial charge in [0.1, 0.15) is 5.82 Å². The van der Waals surface area contributed by atoms with Gasteiger partial charge in [-0.1, -0.05) is 6.92 Å². The molecule has 0 radical (unpaired) electrons. The van der Waals surface area contributed by atoms with Crippen molar-refractivity contribution in [1.29, 1.82) is 0 Å². The average molecular weight is 291 g/mol. The highest BCUT2D eigenvalue weighted by molar-refractivity contribution is 5.95. The summed E-state index contributed by atoms with van der Waals surface area (Å²) in [6, 6.07) is 4.02. The zero-order valence-corrected chi connectivity index (χ0v) is 13.2. The van der Waals surface area contributed by atoms with Gasteiger partial charge in [0, 0.05) is 44.1 Å². The molecular weight excluding hydrogens is 266 g/mol. The van der Waals surface area contributed by atoms with Crippen molar-refractivity contribution in [3.63, 3.8) is 0 Å². The summed E-state index contributed by atoms with van der Waals surface area (Å²) < 4.78 is 5.36. The normalized spacial score (nSPS) is 15.8. The molecule has 1 aliphatic rings. The van der Waals surface area contributed by atoms with E-state index in [0.29, 0.717) is 5.56 Å². The molecule has 1 fully saturated rings. The summed E-state index contributed by atoms with van der Waals surface area (Å²) in [7, 11) is 1.89. The number of ether oxygens (including phenoxy) is 1. The van der Waals surface area contributed by atoms with Gasteiger partial charge in [0.2, 0.25) is 0 Å². The number of aromatic nitrogens is 1. The van der Waals surface area contributed by atoms with E-state index in [1.807, 2.05) is 31.0 Å². The minimum atomic E-state index is 0.0677. The number of nitrogens with zero attached hydrogens (tertiary/aromatic N) is 2. The molecule has 0 unspecified atom stereocenters. The molecule has 1 aromatic heterocycles. The van der Waals surface area contributed by atoms with Gasteiger partial charge < -0.3 is 15.0 Å². The monoisotopic (exact) mass is 291 g/mol. The Bertz CT molecular complexity index is 484. The van der Waals surface area contributed by atoms with Crippen LogP contribution in [-0.2, 0) is 11.2 Å². The SMILES string of the molecule is CCNc1cc(C(=O)N(C)C2CCOCC2)cc(CC)n1. The summed E-state index contributed by atoms with van der Waals surface area (Å²) in [6.45, 7) is 6.34. The van der Waals surface area contributed by atoms with Crippen molar-refractivity contribution in [3.8, 4) is 0 Å². The van der Waals surface area contributed by atoms with Crippen LogP contribution in [0.4, 0.5) is 5.82 Å². The number of carbonyl (C=O) groups is 1. The van der Waals surface area contributed by atoms with Crippen LogP contribution in [-0.4, -0.2) is 48.6 Å². The Morgan fingerprint density at radius 2 is 2.10 bits per heavy atom. The molecule has 5 nitrogen and oxygen atoms in total. The van der Waals surface area contributed by atoms with Crippen molar-refractivity contribution in [3.05, 3.63) is 23.4 Å². The van der Waals surface area contributed by atoms with Crippen molar-refractivity contribution >= 4 is 11.7 Å². The molecule has 0 saturated carbocycles. The van der Waals surface area contributed by atoms with Crippen LogP contribution < -0.4 is 5.32 Å². The van der Waals surface area contributed by atoms with Gasteiger partial charge in [-0.05, 0) is 38.3 Å². The van der Waals surface area contributed by atoms with Crippen LogP contribution in [0.3, 0.4) is 0 Å². The first-order valence-electron chi connectivity index (χ1n) is 7.75. The maximum Gasteiger partial charge on any atom is 0.254 e. The summed E-state index contributed by atoms with van der Waals surface area (Å²) >= 11 is 0. The first kappa shape index (κ1) is 15.8. The van der Waals surface area contributed by atoms with E-state index in [9.17, 15) is 4.79 Å². The third-order valence-corrected chi connectivity index (χ3v) is 3.90. The number of pyridine rings is 1. The third-order valence-electron chi connectivity index (χ3n) is 3.90. The zero-order valence-electron chi connectivity index (χ0n) is 13.2. The lowest BCUT2D eigenvalue weighted by Gasteiger charge is -2.31. The van der Waals surface area contributed by atoms with Gasteiger partial charge in [-0.25, -0.2) is 4.98 Å². The van der Waals surface area contributed by atoms with Crippen LogP contribution >= 0.6 is 0 Å². The molecule has 1 saturated heterocycles. The van der Waals surface area contributed by atoms with Crippen LogP contribution in [0, 0.1) is 0 Å². The summed E-state index contributed by atoms with van der Waals surface area (Å²) in [5, 5.41) is 3.19. The Morgan fingerprint density at radius 3 is 2.71 bits per heavy atom. The number of rotatable bonds is 5. The van der Waals surface area contributed by atoms with Crippen molar-refractivity contribution in [2.45, 2.75) is 39.2 Å². The molecule has 1 aliphatic heterocycles. The van der Waals surface area contributed by atoms with Gasteiger partial charge in [0.15, 0.2) is 0 Å². The van der Waals surface area contributed by atoms with E-state index in [-0.39, 0.29) is 11.9 Å². The highest BCUT2D eigenvalue weighted by Crippen LogP contribution is 2.18. The van der Waals surface area contributed by atoms with E-state index >= 15 is 0 Å². The van der Waals surface area contributed by atoms with Gasteiger partial charge in [-0.15, -0.1) is 0 Å². The Kier molecular flexibility index (Phi) is 5.56. The van der Waals surface area contributed by atoms with Crippen LogP contribution in [0.2, 0.25) is 0 Å². The lowest BCUT2D eigenvalue weighted by Crippen LogP contribution is -2.40. The highest BCUT2D eigenvalue weighted by Gasteiger charge is 2.24. The third kappa shape index (κ3) is 3.94. The highest BCUT2D eigenvalue weighted by atomic mass is 16.5. The van der Waals surface area contributed by atoms with E-state index in [1.165, 1.54) is 0 Å². The fourth-order valence-electron chi connectivity index (χ4n) is 2.61. The first-order valence-corrected chi connectivity index (χ1v) is 7.75. The number of nitrogens with one attached hydrogen (secondary N) is 1. The molecule has 0 atom stereocenters. The summed E-state index contributed by atoms with van der Waals surface area (Å²) in [5.74, 6) is 0.846. The van der Waals surface area contributed by atoms with E-state index in [0.717, 1.165) is 50.5 Å². The summed E-state index contributed by atoms with van der Waals surface area (Å²) in [6.07, 6.45) is 2.64. The summed E-state index contributed by atoms with van der Waals surface area (Å²) in [5.41, 5.74) is 1.66. The Hall–Kier alpha value is -1.62. The van der Waals surface area contributed by atoms with Crippen molar-refractivity contribution in [2.24, 2.45) is 0 Å². The van der Waals surface area contributed by atoms with Crippen LogP contribution in [0.25, 0.3) is 0 Å². The van der Waals surface area contributed by atoms with Gasteiger partial charge >= 0.3 is 0 Å². The molecule has 5 heteroatoms. The number of amides is 1. The molecule has 1 aromatic rings. The number of hydrogen-bond acceptors (Lipinski definition) is 4. The van der Waals surface area contributed by atoms with Gasteiger partial charge in [0.25, 0.3) is 5.91 Å². The number of hydrogen-bond donors (Lipinski definition) is 1. The molecule has 21 heavy (non-hydrogen) atoms. The van der Waals surface area contributed by atoms with Gasteiger partial charge in [-0.2, -0.15) is 0 Å². The second-order valence-corrected chi connectivity index (χ2v) is 5.38. The molecule has 0 aromatic carbocycles. The van der Waals surface area contributed by atoms with Gasteiger partial charge in [-0.3, -0.25) is 4.79 Å². The van der Waals surface area contributed by atoms with Crippen molar-refractivity contribution < 1.29 is 9.53 Å². The van der Waals surface area contributed by atoms with Crippen molar-refractivity contribution in [2.75, 3.05) is 32.1 Å². The van der Waals surface area contributed by atoms with Gasteiger partial charge in [0.05, 0.1) is 0 Å². The molecule has 0 bridgehead atoms. The minimum absolute atomic E-state index is 0.0677. The second-order valence-electron chi connectivity index (χ2n) is 5.38. The lowest BCUT2D eigenvalue weighted by atomic mass is 10.1. The topological polar surface area (TPSA) is 54.5 Å².